The molecule has 0 atom stereocenters. The summed E-state index contributed by atoms with van der Waals surface area (Å²) in [7, 11) is 0. The highest BCUT2D eigenvalue weighted by Gasteiger charge is 2.12. The molecule has 160 valence electrons. The van der Waals surface area contributed by atoms with Gasteiger partial charge in [0.25, 0.3) is 11.5 Å². The second-order valence-corrected chi connectivity index (χ2v) is 7.33. The van der Waals surface area contributed by atoms with E-state index in [-0.39, 0.29) is 12.1 Å². The number of nitrogens with zero attached hydrogens (tertiary/aromatic N) is 2. The minimum atomic E-state index is -0.579. The molecule has 2 aromatic carbocycles. The van der Waals surface area contributed by atoms with E-state index < -0.39 is 11.5 Å². The van der Waals surface area contributed by atoms with Crippen molar-refractivity contribution in [1.29, 1.82) is 0 Å². The first kappa shape index (κ1) is 22.3. The van der Waals surface area contributed by atoms with Crippen LogP contribution in [0.15, 0.2) is 76.8 Å². The van der Waals surface area contributed by atoms with Crippen molar-refractivity contribution in [1.82, 2.24) is 9.99 Å². The number of hydrogen-bond donors (Lipinski definition) is 1. The Balaban J connectivity index is 1.66. The summed E-state index contributed by atoms with van der Waals surface area (Å²) in [6.07, 6.45) is 5.18. The number of pyridine rings is 1. The number of benzene rings is 2. The molecular formula is C24H24ClN3O3. The van der Waals surface area contributed by atoms with Crippen molar-refractivity contribution < 1.29 is 9.53 Å². The molecule has 0 saturated heterocycles. The summed E-state index contributed by atoms with van der Waals surface area (Å²) in [5.74, 6) is 0.166. The van der Waals surface area contributed by atoms with Gasteiger partial charge in [-0.25, -0.2) is 5.43 Å². The molecule has 0 aliphatic carbocycles. The number of halogens is 1. The van der Waals surface area contributed by atoms with Crippen LogP contribution in [0.1, 0.15) is 41.3 Å². The van der Waals surface area contributed by atoms with E-state index in [2.05, 4.69) is 17.5 Å². The molecule has 7 heteroatoms. The van der Waals surface area contributed by atoms with Gasteiger partial charge in [-0.3, -0.25) is 9.59 Å². The molecule has 31 heavy (non-hydrogen) atoms. The average molecular weight is 438 g/mol. The number of hydrogen-bond acceptors (Lipinski definition) is 4. The zero-order valence-electron chi connectivity index (χ0n) is 17.3. The Morgan fingerprint density at radius 1 is 1.16 bits per heavy atom. The highest BCUT2D eigenvalue weighted by molar-refractivity contribution is 6.31. The number of unbranched alkanes of at least 4 members (excludes halogenated alkanes) is 1. The Morgan fingerprint density at radius 3 is 2.81 bits per heavy atom. The zero-order chi connectivity index (χ0) is 22.1. The predicted octanol–water partition coefficient (Wildman–Crippen LogP) is 4.49. The molecule has 3 rings (SSSR count). The number of carbonyl (C=O) groups excluding carboxylic acids is 1. The second-order valence-electron chi connectivity index (χ2n) is 6.92. The number of ether oxygens (including phenoxy) is 1. The Bertz CT molecular complexity index is 1120. The van der Waals surface area contributed by atoms with Crippen LogP contribution >= 0.6 is 11.6 Å². The van der Waals surface area contributed by atoms with Gasteiger partial charge in [0, 0.05) is 11.2 Å². The average Bonchev–Trinajstić information content (AvgIpc) is 2.77. The molecule has 1 heterocycles. The maximum absolute atomic E-state index is 12.7. The van der Waals surface area contributed by atoms with E-state index in [9.17, 15) is 9.59 Å². The monoisotopic (exact) mass is 437 g/mol. The third kappa shape index (κ3) is 6.30. The number of hydrazone groups is 1. The predicted molar refractivity (Wildman–Crippen MR) is 123 cm³/mol. The maximum Gasteiger partial charge on any atom is 0.276 e. The normalized spacial score (nSPS) is 10.9. The first-order valence-corrected chi connectivity index (χ1v) is 10.5. The lowest BCUT2D eigenvalue weighted by Crippen LogP contribution is -2.30. The summed E-state index contributed by atoms with van der Waals surface area (Å²) in [4.78, 5) is 25.2. The van der Waals surface area contributed by atoms with Gasteiger partial charge in [-0.05, 0) is 47.9 Å². The van der Waals surface area contributed by atoms with E-state index in [0.29, 0.717) is 11.6 Å². The molecule has 1 N–H and O–H groups in total. The molecule has 0 fully saturated rings. The number of amides is 1. The number of rotatable bonds is 9. The van der Waals surface area contributed by atoms with Crippen LogP contribution in [-0.2, 0) is 6.54 Å². The number of nitrogens with one attached hydrogen (secondary N) is 1. The van der Waals surface area contributed by atoms with Gasteiger partial charge in [0.05, 0.1) is 19.4 Å². The highest BCUT2D eigenvalue weighted by atomic mass is 35.5. The minimum Gasteiger partial charge on any atom is -0.494 e. The van der Waals surface area contributed by atoms with E-state index in [0.717, 1.165) is 29.7 Å². The van der Waals surface area contributed by atoms with Crippen LogP contribution < -0.4 is 15.7 Å². The molecular weight excluding hydrogens is 414 g/mol. The summed E-state index contributed by atoms with van der Waals surface area (Å²) < 4.78 is 7.11. The van der Waals surface area contributed by atoms with Crippen LogP contribution in [0.2, 0.25) is 5.02 Å². The minimum absolute atomic E-state index is 0.00310. The highest BCUT2D eigenvalue weighted by Crippen LogP contribution is 2.15. The molecule has 0 radical (unpaired) electrons. The van der Waals surface area contributed by atoms with Gasteiger partial charge in [0.1, 0.15) is 11.3 Å². The van der Waals surface area contributed by atoms with Crippen molar-refractivity contribution in [2.75, 3.05) is 6.61 Å². The lowest BCUT2D eigenvalue weighted by Gasteiger charge is -2.09. The van der Waals surface area contributed by atoms with Crippen LogP contribution in [0, 0.1) is 0 Å². The van der Waals surface area contributed by atoms with Gasteiger partial charge in [-0.2, -0.15) is 5.10 Å². The molecule has 0 saturated carbocycles. The number of aromatic nitrogens is 1. The van der Waals surface area contributed by atoms with E-state index in [1.807, 2.05) is 42.5 Å². The lowest BCUT2D eigenvalue weighted by molar-refractivity contribution is 0.0953. The maximum atomic E-state index is 12.7. The Morgan fingerprint density at radius 2 is 2.00 bits per heavy atom. The summed E-state index contributed by atoms with van der Waals surface area (Å²) in [6, 6.07) is 17.8. The standard InChI is InChI=1S/C24H24ClN3O3/c1-2-3-14-31-20-10-6-8-18(15-20)16-26-27-23(29)21-11-7-13-28(24(21)30)17-19-9-4-5-12-22(19)25/h4-13,15-16H,2-3,14,17H2,1H3,(H,27,29)/b26-16-. The summed E-state index contributed by atoms with van der Waals surface area (Å²) >= 11 is 6.18. The van der Waals surface area contributed by atoms with Gasteiger partial charge < -0.3 is 9.30 Å². The number of carbonyl (C=O) groups is 1. The van der Waals surface area contributed by atoms with Gasteiger partial charge in [-0.1, -0.05) is 55.3 Å². The molecule has 3 aromatic rings. The van der Waals surface area contributed by atoms with Crippen LogP contribution in [0.4, 0.5) is 0 Å². The van der Waals surface area contributed by atoms with E-state index >= 15 is 0 Å². The van der Waals surface area contributed by atoms with Crippen LogP contribution in [0.3, 0.4) is 0 Å². The molecule has 1 amide bonds. The topological polar surface area (TPSA) is 72.7 Å². The van der Waals surface area contributed by atoms with E-state index in [1.54, 1.807) is 18.3 Å². The summed E-state index contributed by atoms with van der Waals surface area (Å²) in [5.41, 5.74) is 3.57. The first-order chi connectivity index (χ1) is 15.1. The third-order valence-corrected chi connectivity index (χ3v) is 4.94. The van der Waals surface area contributed by atoms with Crippen molar-refractivity contribution in [3.63, 3.8) is 0 Å². The molecule has 6 nitrogen and oxygen atoms in total. The van der Waals surface area contributed by atoms with Gasteiger partial charge in [-0.15, -0.1) is 0 Å². The van der Waals surface area contributed by atoms with Gasteiger partial charge in [0.15, 0.2) is 0 Å². The van der Waals surface area contributed by atoms with E-state index in [1.165, 1.54) is 16.8 Å². The Labute approximate surface area is 186 Å². The van der Waals surface area contributed by atoms with Gasteiger partial charge in [0.2, 0.25) is 0 Å². The van der Waals surface area contributed by atoms with Crippen molar-refractivity contribution >= 4 is 23.7 Å². The smallest absolute Gasteiger partial charge is 0.276 e. The van der Waals surface area contributed by atoms with Crippen molar-refractivity contribution in [2.45, 2.75) is 26.3 Å². The van der Waals surface area contributed by atoms with Crippen LogP contribution in [0.25, 0.3) is 0 Å². The van der Waals surface area contributed by atoms with Crippen molar-refractivity contribution in [2.24, 2.45) is 5.10 Å². The molecule has 0 aliphatic rings. The summed E-state index contributed by atoms with van der Waals surface area (Å²) in [6.45, 7) is 3.03. The van der Waals surface area contributed by atoms with Crippen LogP contribution in [0.5, 0.6) is 5.75 Å². The molecule has 0 unspecified atom stereocenters. The fraction of sp³-hybridized carbons (Fsp3) is 0.208. The fourth-order valence-electron chi connectivity index (χ4n) is 2.89. The Kier molecular flexibility index (Phi) is 8.01. The third-order valence-electron chi connectivity index (χ3n) is 4.57. The lowest BCUT2D eigenvalue weighted by atomic mass is 10.2. The molecule has 0 spiro atoms. The van der Waals surface area contributed by atoms with E-state index in [4.69, 9.17) is 16.3 Å². The van der Waals surface area contributed by atoms with Gasteiger partial charge >= 0.3 is 0 Å². The fourth-order valence-corrected chi connectivity index (χ4v) is 3.08. The molecule has 0 bridgehead atoms. The SMILES string of the molecule is CCCCOc1cccc(/C=N\NC(=O)c2cccn(Cc3ccccc3Cl)c2=O)c1. The quantitative estimate of drug-likeness (QED) is 0.304. The van der Waals surface area contributed by atoms with Crippen molar-refractivity contribution in [3.05, 3.63) is 98.9 Å². The zero-order valence-corrected chi connectivity index (χ0v) is 18.0. The Hall–Kier alpha value is -3.38. The van der Waals surface area contributed by atoms with Crippen molar-refractivity contribution in [3.8, 4) is 5.75 Å². The first-order valence-electron chi connectivity index (χ1n) is 10.1. The molecule has 1 aromatic heterocycles. The summed E-state index contributed by atoms with van der Waals surface area (Å²) in [5, 5.41) is 4.54. The molecule has 0 aliphatic heterocycles. The van der Waals surface area contributed by atoms with Crippen LogP contribution in [-0.4, -0.2) is 23.3 Å². The second kappa shape index (κ2) is 11.1. The largest absolute Gasteiger partial charge is 0.494 e.